The number of rotatable bonds is 2. The van der Waals surface area contributed by atoms with Crippen molar-refractivity contribution in [3.8, 4) is 6.07 Å². The maximum atomic E-state index is 8.77. The van der Waals surface area contributed by atoms with Crippen molar-refractivity contribution in [2.45, 2.75) is 39.7 Å². The molecule has 2 heteroatoms. The molecule has 0 bridgehead atoms. The molecular formula is C11H20N2. The van der Waals surface area contributed by atoms with Gasteiger partial charge < -0.3 is 0 Å². The first-order valence-electron chi connectivity index (χ1n) is 5.28. The van der Waals surface area contributed by atoms with Crippen molar-refractivity contribution in [3.63, 3.8) is 0 Å². The summed E-state index contributed by atoms with van der Waals surface area (Å²) in [4.78, 5) is 2.29. The van der Waals surface area contributed by atoms with E-state index in [9.17, 15) is 0 Å². The van der Waals surface area contributed by atoms with Gasteiger partial charge in [-0.1, -0.05) is 13.8 Å². The van der Waals surface area contributed by atoms with Gasteiger partial charge in [0.1, 0.15) is 0 Å². The lowest BCUT2D eigenvalue weighted by molar-refractivity contribution is 0.142. The molecule has 1 aliphatic heterocycles. The molecule has 1 heterocycles. The van der Waals surface area contributed by atoms with Crippen molar-refractivity contribution in [2.75, 3.05) is 13.1 Å². The maximum absolute atomic E-state index is 8.77. The molecule has 0 N–H and O–H groups in total. The second-order valence-electron chi connectivity index (χ2n) is 4.42. The van der Waals surface area contributed by atoms with E-state index in [2.05, 4.69) is 24.8 Å². The standard InChI is InChI=1S/C11H20N2/c1-9(2)11-4-6-13(7-5-11)10(3)8-12/h9-11H,4-7H2,1-3H3. The molecule has 1 aliphatic rings. The third-order valence-electron chi connectivity index (χ3n) is 3.25. The Hall–Kier alpha value is -0.550. The van der Waals surface area contributed by atoms with Gasteiger partial charge in [-0.3, -0.25) is 4.90 Å². The molecule has 1 unspecified atom stereocenters. The molecule has 13 heavy (non-hydrogen) atoms. The van der Waals surface area contributed by atoms with Gasteiger partial charge in [0.15, 0.2) is 0 Å². The number of hydrogen-bond donors (Lipinski definition) is 0. The Bertz CT molecular complexity index is 185. The minimum Gasteiger partial charge on any atom is -0.288 e. The average Bonchev–Trinajstić information content (AvgIpc) is 2.17. The first kappa shape index (κ1) is 10.5. The average molecular weight is 180 g/mol. The van der Waals surface area contributed by atoms with Crippen molar-refractivity contribution >= 4 is 0 Å². The highest BCUT2D eigenvalue weighted by Crippen LogP contribution is 2.25. The van der Waals surface area contributed by atoms with Crippen molar-refractivity contribution in [3.05, 3.63) is 0 Å². The molecule has 0 radical (unpaired) electrons. The summed E-state index contributed by atoms with van der Waals surface area (Å²) in [7, 11) is 0. The third-order valence-corrected chi connectivity index (χ3v) is 3.25. The predicted molar refractivity (Wildman–Crippen MR) is 54.2 cm³/mol. The zero-order valence-electron chi connectivity index (χ0n) is 8.95. The Morgan fingerprint density at radius 2 is 1.77 bits per heavy atom. The maximum Gasteiger partial charge on any atom is 0.0949 e. The van der Waals surface area contributed by atoms with Crippen molar-refractivity contribution in [2.24, 2.45) is 11.8 Å². The summed E-state index contributed by atoms with van der Waals surface area (Å²) in [5.74, 6) is 1.68. The minimum atomic E-state index is 0.105. The van der Waals surface area contributed by atoms with Crippen LogP contribution in [-0.2, 0) is 0 Å². The highest BCUT2D eigenvalue weighted by molar-refractivity contribution is 4.90. The van der Waals surface area contributed by atoms with Gasteiger partial charge in [-0.05, 0) is 44.7 Å². The number of piperidine rings is 1. The molecule has 1 fully saturated rings. The van der Waals surface area contributed by atoms with Crippen LogP contribution in [0.2, 0.25) is 0 Å². The van der Waals surface area contributed by atoms with E-state index in [0.29, 0.717) is 0 Å². The van der Waals surface area contributed by atoms with E-state index in [1.54, 1.807) is 0 Å². The molecule has 0 aromatic heterocycles. The molecule has 1 rings (SSSR count). The van der Waals surface area contributed by atoms with Crippen LogP contribution in [0.1, 0.15) is 33.6 Å². The molecule has 0 spiro atoms. The van der Waals surface area contributed by atoms with E-state index < -0.39 is 0 Å². The fraction of sp³-hybridized carbons (Fsp3) is 0.909. The second-order valence-corrected chi connectivity index (χ2v) is 4.42. The van der Waals surface area contributed by atoms with Crippen LogP contribution >= 0.6 is 0 Å². The number of likely N-dealkylation sites (tertiary alicyclic amines) is 1. The Labute approximate surface area is 81.5 Å². The number of nitriles is 1. The van der Waals surface area contributed by atoms with E-state index in [0.717, 1.165) is 24.9 Å². The lowest BCUT2D eigenvalue weighted by Crippen LogP contribution is -2.40. The van der Waals surface area contributed by atoms with Crippen LogP contribution in [-0.4, -0.2) is 24.0 Å². The number of hydrogen-bond acceptors (Lipinski definition) is 2. The van der Waals surface area contributed by atoms with Gasteiger partial charge in [0, 0.05) is 0 Å². The molecule has 0 saturated carbocycles. The van der Waals surface area contributed by atoms with Gasteiger partial charge >= 0.3 is 0 Å². The van der Waals surface area contributed by atoms with E-state index in [1.807, 2.05) is 6.92 Å². The molecule has 1 atom stereocenters. The van der Waals surface area contributed by atoms with Crippen LogP contribution in [0.25, 0.3) is 0 Å². The highest BCUT2D eigenvalue weighted by Gasteiger charge is 2.23. The van der Waals surface area contributed by atoms with Crippen LogP contribution in [0.3, 0.4) is 0 Å². The Morgan fingerprint density at radius 3 is 2.15 bits per heavy atom. The summed E-state index contributed by atoms with van der Waals surface area (Å²) in [6.45, 7) is 8.81. The lowest BCUT2D eigenvalue weighted by Gasteiger charge is -2.35. The van der Waals surface area contributed by atoms with Crippen LogP contribution in [0.15, 0.2) is 0 Å². The summed E-state index contributed by atoms with van der Waals surface area (Å²) >= 11 is 0. The summed E-state index contributed by atoms with van der Waals surface area (Å²) < 4.78 is 0. The van der Waals surface area contributed by atoms with Gasteiger partial charge in [-0.2, -0.15) is 5.26 Å². The molecule has 2 nitrogen and oxygen atoms in total. The molecule has 1 saturated heterocycles. The smallest absolute Gasteiger partial charge is 0.0949 e. The highest BCUT2D eigenvalue weighted by atomic mass is 15.2. The second kappa shape index (κ2) is 4.62. The van der Waals surface area contributed by atoms with Crippen LogP contribution in [0.4, 0.5) is 0 Å². The van der Waals surface area contributed by atoms with Crippen molar-refractivity contribution in [1.29, 1.82) is 5.26 Å². The zero-order valence-corrected chi connectivity index (χ0v) is 8.95. The SMILES string of the molecule is CC(C)C1CCN(C(C)C#N)CC1. The third kappa shape index (κ3) is 2.70. The van der Waals surface area contributed by atoms with E-state index in [-0.39, 0.29) is 6.04 Å². The lowest BCUT2D eigenvalue weighted by atomic mass is 9.86. The largest absolute Gasteiger partial charge is 0.288 e. The van der Waals surface area contributed by atoms with Gasteiger partial charge in [0.2, 0.25) is 0 Å². The first-order chi connectivity index (χ1) is 6.15. The summed E-state index contributed by atoms with van der Waals surface area (Å²) in [6, 6.07) is 2.41. The first-order valence-corrected chi connectivity index (χ1v) is 5.28. The molecule has 0 aliphatic carbocycles. The minimum absolute atomic E-state index is 0.105. The molecule has 0 aromatic rings. The fourth-order valence-electron chi connectivity index (χ4n) is 2.06. The van der Waals surface area contributed by atoms with Crippen molar-refractivity contribution in [1.82, 2.24) is 4.90 Å². The monoisotopic (exact) mass is 180 g/mol. The molecule has 0 aromatic carbocycles. The Balaban J connectivity index is 2.35. The molecule has 0 amide bonds. The van der Waals surface area contributed by atoms with E-state index in [1.165, 1.54) is 12.8 Å². The van der Waals surface area contributed by atoms with Crippen molar-refractivity contribution < 1.29 is 0 Å². The van der Waals surface area contributed by atoms with Gasteiger partial charge in [0.05, 0.1) is 12.1 Å². The quantitative estimate of drug-likeness (QED) is 0.652. The molecule has 74 valence electrons. The van der Waals surface area contributed by atoms with E-state index in [4.69, 9.17) is 5.26 Å². The van der Waals surface area contributed by atoms with Crippen LogP contribution in [0, 0.1) is 23.2 Å². The summed E-state index contributed by atoms with van der Waals surface area (Å²) in [5, 5.41) is 8.77. The topological polar surface area (TPSA) is 27.0 Å². The van der Waals surface area contributed by atoms with Crippen LogP contribution in [0.5, 0.6) is 0 Å². The summed E-state index contributed by atoms with van der Waals surface area (Å²) in [5.41, 5.74) is 0. The summed E-state index contributed by atoms with van der Waals surface area (Å²) in [6.07, 6.45) is 2.54. The van der Waals surface area contributed by atoms with Crippen LogP contribution < -0.4 is 0 Å². The van der Waals surface area contributed by atoms with E-state index >= 15 is 0 Å². The molecular weight excluding hydrogens is 160 g/mol. The number of nitrogens with zero attached hydrogens (tertiary/aromatic N) is 2. The zero-order chi connectivity index (χ0) is 9.84. The van der Waals surface area contributed by atoms with Gasteiger partial charge in [0.25, 0.3) is 0 Å². The Morgan fingerprint density at radius 1 is 1.23 bits per heavy atom. The van der Waals surface area contributed by atoms with Gasteiger partial charge in [-0.15, -0.1) is 0 Å². The fourth-order valence-corrected chi connectivity index (χ4v) is 2.06. The van der Waals surface area contributed by atoms with Gasteiger partial charge in [-0.25, -0.2) is 0 Å². The predicted octanol–water partition coefficient (Wildman–Crippen LogP) is 2.27. The normalized spacial score (nSPS) is 23.0. The Kier molecular flexibility index (Phi) is 3.74.